The van der Waals surface area contributed by atoms with E-state index in [1.54, 1.807) is 30.5 Å². The number of amides is 1. The molecule has 0 saturated carbocycles. The third-order valence-electron chi connectivity index (χ3n) is 4.34. The molecule has 1 aliphatic rings. The van der Waals surface area contributed by atoms with Gasteiger partial charge in [-0.25, -0.2) is 5.43 Å². The molecule has 1 fully saturated rings. The molecule has 140 valence electrons. The summed E-state index contributed by atoms with van der Waals surface area (Å²) in [5.41, 5.74) is 3.93. The van der Waals surface area contributed by atoms with Crippen molar-refractivity contribution in [1.82, 2.24) is 15.3 Å². The Morgan fingerprint density at radius 3 is 2.74 bits per heavy atom. The summed E-state index contributed by atoms with van der Waals surface area (Å²) in [7, 11) is 2.03. The molecular weight excluding hydrogens is 348 g/mol. The van der Waals surface area contributed by atoms with Gasteiger partial charge >= 0.3 is 0 Å². The fourth-order valence-corrected chi connectivity index (χ4v) is 2.81. The molecule has 0 atom stereocenters. The molecule has 0 bridgehead atoms. The van der Waals surface area contributed by atoms with Gasteiger partial charge in [-0.3, -0.25) is 19.9 Å². The van der Waals surface area contributed by atoms with Crippen molar-refractivity contribution >= 4 is 23.5 Å². The zero-order chi connectivity index (χ0) is 19.2. The average Bonchev–Trinajstić information content (AvgIpc) is 2.69. The Bertz CT molecular complexity index is 847. The normalized spacial score (nSPS) is 15.1. The summed E-state index contributed by atoms with van der Waals surface area (Å²) >= 11 is 0. The molecule has 1 aromatic carbocycles. The van der Waals surface area contributed by atoms with Crippen LogP contribution < -0.4 is 10.3 Å². The van der Waals surface area contributed by atoms with Crippen LogP contribution in [0.1, 0.15) is 15.9 Å². The Morgan fingerprint density at radius 2 is 2.07 bits per heavy atom. The van der Waals surface area contributed by atoms with Gasteiger partial charge < -0.3 is 9.80 Å². The predicted molar refractivity (Wildman–Crippen MR) is 102 cm³/mol. The molecule has 27 heavy (non-hydrogen) atoms. The van der Waals surface area contributed by atoms with Gasteiger partial charge in [-0.05, 0) is 25.2 Å². The van der Waals surface area contributed by atoms with E-state index in [-0.39, 0.29) is 10.6 Å². The van der Waals surface area contributed by atoms with Crippen LogP contribution in [0.5, 0.6) is 0 Å². The van der Waals surface area contributed by atoms with Gasteiger partial charge in [-0.15, -0.1) is 0 Å². The maximum absolute atomic E-state index is 11.9. The van der Waals surface area contributed by atoms with Crippen molar-refractivity contribution in [2.45, 2.75) is 0 Å². The van der Waals surface area contributed by atoms with E-state index in [2.05, 4.69) is 20.4 Å². The highest BCUT2D eigenvalue weighted by Gasteiger charge is 2.22. The predicted octanol–water partition coefficient (Wildman–Crippen LogP) is 1.51. The molecule has 1 aliphatic heterocycles. The highest BCUT2D eigenvalue weighted by atomic mass is 16.6. The van der Waals surface area contributed by atoms with Gasteiger partial charge in [0.1, 0.15) is 5.69 Å². The van der Waals surface area contributed by atoms with E-state index < -0.39 is 5.91 Å². The highest BCUT2D eigenvalue weighted by Crippen LogP contribution is 2.29. The number of nitrogens with zero attached hydrogens (tertiary/aromatic N) is 5. The number of anilines is 1. The van der Waals surface area contributed by atoms with E-state index in [1.165, 1.54) is 18.5 Å². The number of nitrogens with one attached hydrogen (secondary N) is 1. The second-order valence-electron chi connectivity index (χ2n) is 6.24. The second-order valence-corrected chi connectivity index (χ2v) is 6.24. The Kier molecular flexibility index (Phi) is 5.72. The number of rotatable bonds is 5. The molecule has 0 radical (unpaired) electrons. The summed E-state index contributed by atoms with van der Waals surface area (Å²) in [6, 6.07) is 8.22. The molecular formula is C18H20N6O3. The number of aromatic nitrogens is 1. The molecule has 0 spiro atoms. The second kappa shape index (κ2) is 8.37. The Morgan fingerprint density at radius 1 is 1.30 bits per heavy atom. The minimum absolute atomic E-state index is 0.0297. The highest BCUT2D eigenvalue weighted by molar-refractivity contribution is 5.94. The van der Waals surface area contributed by atoms with Crippen LogP contribution in [0.15, 0.2) is 47.8 Å². The molecule has 1 amide bonds. The van der Waals surface area contributed by atoms with E-state index in [9.17, 15) is 14.9 Å². The Hall–Kier alpha value is -3.33. The maximum atomic E-state index is 11.9. The molecule has 9 heteroatoms. The maximum Gasteiger partial charge on any atom is 0.293 e. The summed E-state index contributed by atoms with van der Waals surface area (Å²) in [5, 5.41) is 15.4. The monoisotopic (exact) mass is 368 g/mol. The molecule has 1 N–H and O–H groups in total. The lowest BCUT2D eigenvalue weighted by Crippen LogP contribution is -2.44. The van der Waals surface area contributed by atoms with Gasteiger partial charge in [0.05, 0.1) is 16.7 Å². The molecule has 2 aromatic rings. The smallest absolute Gasteiger partial charge is 0.293 e. The zero-order valence-corrected chi connectivity index (χ0v) is 14.9. The Labute approximate surface area is 156 Å². The van der Waals surface area contributed by atoms with Crippen LogP contribution in [0.4, 0.5) is 11.4 Å². The minimum atomic E-state index is -0.400. The fraction of sp³-hybridized carbons (Fsp3) is 0.278. The largest absolute Gasteiger partial charge is 0.363 e. The summed E-state index contributed by atoms with van der Waals surface area (Å²) in [4.78, 5) is 31.1. The number of piperazine rings is 1. The van der Waals surface area contributed by atoms with E-state index >= 15 is 0 Å². The van der Waals surface area contributed by atoms with Crippen LogP contribution in [-0.4, -0.2) is 60.2 Å². The van der Waals surface area contributed by atoms with E-state index in [0.29, 0.717) is 16.8 Å². The van der Waals surface area contributed by atoms with Crippen molar-refractivity contribution < 1.29 is 9.72 Å². The van der Waals surface area contributed by atoms with Crippen LogP contribution >= 0.6 is 0 Å². The van der Waals surface area contributed by atoms with Crippen molar-refractivity contribution in [3.63, 3.8) is 0 Å². The number of pyridine rings is 1. The fourth-order valence-electron chi connectivity index (χ4n) is 2.81. The number of carbonyl (C=O) groups is 1. The third-order valence-corrected chi connectivity index (χ3v) is 4.34. The van der Waals surface area contributed by atoms with Crippen molar-refractivity contribution in [2.24, 2.45) is 5.10 Å². The van der Waals surface area contributed by atoms with Crippen molar-refractivity contribution in [3.05, 3.63) is 64.0 Å². The first-order valence-electron chi connectivity index (χ1n) is 8.50. The van der Waals surface area contributed by atoms with Crippen LogP contribution in [0, 0.1) is 10.1 Å². The van der Waals surface area contributed by atoms with Crippen LogP contribution in [-0.2, 0) is 0 Å². The number of nitro benzene ring substituents is 1. The topological polar surface area (TPSA) is 104 Å². The number of nitro groups is 1. The molecule has 3 rings (SSSR count). The van der Waals surface area contributed by atoms with E-state index in [4.69, 9.17) is 0 Å². The molecule has 0 aliphatic carbocycles. The van der Waals surface area contributed by atoms with Crippen LogP contribution in [0.3, 0.4) is 0 Å². The SMILES string of the molecule is CN1CCN(c2ccc(C=NNC(=O)c3cccnc3)cc2[N+](=O)[O-])CC1. The van der Waals surface area contributed by atoms with Crippen molar-refractivity contribution in [2.75, 3.05) is 38.1 Å². The molecule has 0 unspecified atom stereocenters. The summed E-state index contributed by atoms with van der Waals surface area (Å²) in [6.45, 7) is 3.21. The third kappa shape index (κ3) is 4.64. The molecule has 1 aromatic heterocycles. The summed E-state index contributed by atoms with van der Waals surface area (Å²) < 4.78 is 0. The number of likely N-dealkylation sites (N-methyl/N-ethyl adjacent to an activating group) is 1. The first-order valence-corrected chi connectivity index (χ1v) is 8.50. The summed E-state index contributed by atoms with van der Waals surface area (Å²) in [5.74, 6) is -0.400. The van der Waals surface area contributed by atoms with Gasteiger partial charge in [0, 0.05) is 50.2 Å². The molecule has 9 nitrogen and oxygen atoms in total. The van der Waals surface area contributed by atoms with Crippen molar-refractivity contribution in [3.8, 4) is 0 Å². The van der Waals surface area contributed by atoms with E-state index in [0.717, 1.165) is 26.2 Å². The number of hydrazone groups is 1. The van der Waals surface area contributed by atoms with Gasteiger partial charge in [0.15, 0.2) is 0 Å². The lowest BCUT2D eigenvalue weighted by atomic mass is 10.1. The number of hydrogen-bond donors (Lipinski definition) is 1. The number of hydrogen-bond acceptors (Lipinski definition) is 7. The van der Waals surface area contributed by atoms with Crippen LogP contribution in [0.2, 0.25) is 0 Å². The number of carbonyl (C=O) groups excluding carboxylic acids is 1. The minimum Gasteiger partial charge on any atom is -0.363 e. The van der Waals surface area contributed by atoms with Crippen LogP contribution in [0.25, 0.3) is 0 Å². The molecule has 2 heterocycles. The van der Waals surface area contributed by atoms with Gasteiger partial charge in [0.2, 0.25) is 0 Å². The lowest BCUT2D eigenvalue weighted by molar-refractivity contribution is -0.384. The standard InChI is InChI=1S/C18H20N6O3/c1-22-7-9-23(10-8-22)16-5-4-14(11-17(16)24(26)27)12-20-21-18(25)15-3-2-6-19-13-15/h2-6,11-13H,7-10H2,1H3,(H,21,25). The average molecular weight is 368 g/mol. The van der Waals surface area contributed by atoms with Gasteiger partial charge in [-0.2, -0.15) is 5.10 Å². The quantitative estimate of drug-likeness (QED) is 0.487. The van der Waals surface area contributed by atoms with Gasteiger partial charge in [-0.1, -0.05) is 6.07 Å². The summed E-state index contributed by atoms with van der Waals surface area (Å²) in [6.07, 6.45) is 4.39. The first kappa shape index (κ1) is 18.5. The Balaban J connectivity index is 1.72. The first-order chi connectivity index (χ1) is 13.0. The lowest BCUT2D eigenvalue weighted by Gasteiger charge is -2.33. The zero-order valence-electron chi connectivity index (χ0n) is 14.9. The van der Waals surface area contributed by atoms with Crippen molar-refractivity contribution in [1.29, 1.82) is 0 Å². The van der Waals surface area contributed by atoms with E-state index in [1.807, 2.05) is 11.9 Å². The van der Waals surface area contributed by atoms with Gasteiger partial charge in [0.25, 0.3) is 11.6 Å². The molecule has 1 saturated heterocycles. The number of benzene rings is 1.